The van der Waals surface area contributed by atoms with E-state index in [0.717, 1.165) is 24.7 Å². The summed E-state index contributed by atoms with van der Waals surface area (Å²) >= 11 is 6.07. The molecule has 0 unspecified atom stereocenters. The molecule has 1 rings (SSSR count). The zero-order chi connectivity index (χ0) is 15.9. The molecule has 0 aliphatic heterocycles. The molecule has 0 aromatic heterocycles. The van der Waals surface area contributed by atoms with Crippen molar-refractivity contribution in [3.63, 3.8) is 0 Å². The summed E-state index contributed by atoms with van der Waals surface area (Å²) in [5, 5.41) is 4.44. The normalized spacial score (nSPS) is 12.4. The van der Waals surface area contributed by atoms with Crippen LogP contribution in [0.1, 0.15) is 46.1 Å². The molecular formula is C18H31ClN2. The minimum atomic E-state index is 0.345. The number of nitrogens with zero attached hydrogens (tertiary/aromatic N) is 1. The van der Waals surface area contributed by atoms with Crippen molar-refractivity contribution in [1.82, 2.24) is 10.2 Å². The van der Waals surface area contributed by atoms with Gasteiger partial charge in [0.05, 0.1) is 0 Å². The summed E-state index contributed by atoms with van der Waals surface area (Å²) in [5.41, 5.74) is 1.63. The van der Waals surface area contributed by atoms with Crippen LogP contribution in [0.2, 0.25) is 5.02 Å². The molecule has 0 bridgehead atoms. The van der Waals surface area contributed by atoms with Crippen LogP contribution in [0.25, 0.3) is 0 Å². The van der Waals surface area contributed by atoms with Gasteiger partial charge in [0, 0.05) is 30.7 Å². The zero-order valence-corrected chi connectivity index (χ0v) is 15.0. The highest BCUT2D eigenvalue weighted by Crippen LogP contribution is 2.27. The highest BCUT2D eigenvalue weighted by Gasteiger charge is 2.27. The smallest absolute Gasteiger partial charge is 0.0409 e. The lowest BCUT2D eigenvalue weighted by atomic mass is 9.81. The Bertz CT molecular complexity index is 413. The van der Waals surface area contributed by atoms with Crippen molar-refractivity contribution >= 4 is 11.6 Å². The summed E-state index contributed by atoms with van der Waals surface area (Å²) in [6, 6.07) is 8.71. The molecule has 1 aromatic rings. The molecule has 1 N–H and O–H groups in total. The van der Waals surface area contributed by atoms with Crippen LogP contribution in [0.5, 0.6) is 0 Å². The van der Waals surface area contributed by atoms with E-state index in [2.05, 4.69) is 57.1 Å². The van der Waals surface area contributed by atoms with Gasteiger partial charge < -0.3 is 10.2 Å². The average molecular weight is 311 g/mol. The molecule has 0 amide bonds. The van der Waals surface area contributed by atoms with Gasteiger partial charge in [0.1, 0.15) is 0 Å². The maximum atomic E-state index is 6.07. The van der Waals surface area contributed by atoms with Gasteiger partial charge >= 0.3 is 0 Å². The van der Waals surface area contributed by atoms with E-state index < -0.39 is 0 Å². The van der Waals surface area contributed by atoms with Crippen LogP contribution in [-0.2, 0) is 6.54 Å². The van der Waals surface area contributed by atoms with Gasteiger partial charge in [-0.25, -0.2) is 0 Å². The largest absolute Gasteiger partial charge is 0.314 e. The quantitative estimate of drug-likeness (QED) is 0.718. The minimum Gasteiger partial charge on any atom is -0.314 e. The molecule has 2 nitrogen and oxygen atoms in total. The highest BCUT2D eigenvalue weighted by molar-refractivity contribution is 6.30. The first-order chi connectivity index (χ1) is 9.90. The van der Waals surface area contributed by atoms with Gasteiger partial charge in [0.2, 0.25) is 0 Å². The molecule has 0 aliphatic carbocycles. The standard InChI is InChI=1S/C18H31ClN2/c1-6-18(7-2,13-20-15(3)4)14-21(5)12-16-9-8-10-17(19)11-16/h8-11,15,20H,6-7,12-14H2,1-5H3. The van der Waals surface area contributed by atoms with Crippen LogP contribution >= 0.6 is 11.6 Å². The molecule has 0 spiro atoms. The number of nitrogens with one attached hydrogen (secondary N) is 1. The predicted octanol–water partition coefficient (Wildman–Crippen LogP) is 4.58. The Labute approximate surface area is 135 Å². The van der Waals surface area contributed by atoms with Crippen LogP contribution in [-0.4, -0.2) is 31.1 Å². The third-order valence-corrected chi connectivity index (χ3v) is 4.57. The first-order valence-electron chi connectivity index (χ1n) is 8.07. The van der Waals surface area contributed by atoms with Gasteiger partial charge in [-0.1, -0.05) is 51.4 Å². The van der Waals surface area contributed by atoms with Crippen molar-refractivity contribution < 1.29 is 0 Å². The van der Waals surface area contributed by atoms with Crippen molar-refractivity contribution in [1.29, 1.82) is 0 Å². The van der Waals surface area contributed by atoms with E-state index in [1.165, 1.54) is 18.4 Å². The van der Waals surface area contributed by atoms with Crippen molar-refractivity contribution in [2.75, 3.05) is 20.1 Å². The first kappa shape index (κ1) is 18.5. The second-order valence-corrected chi connectivity index (χ2v) is 6.98. The van der Waals surface area contributed by atoms with Gasteiger partial charge in [0.25, 0.3) is 0 Å². The number of rotatable bonds is 9. The number of halogens is 1. The third-order valence-electron chi connectivity index (χ3n) is 4.33. The van der Waals surface area contributed by atoms with Crippen molar-refractivity contribution in [3.8, 4) is 0 Å². The number of hydrogen-bond donors (Lipinski definition) is 1. The van der Waals surface area contributed by atoms with Crippen LogP contribution < -0.4 is 5.32 Å². The van der Waals surface area contributed by atoms with Gasteiger partial charge in [-0.05, 0) is 43.0 Å². The van der Waals surface area contributed by atoms with Crippen LogP contribution in [0.3, 0.4) is 0 Å². The molecule has 0 fully saturated rings. The second-order valence-electron chi connectivity index (χ2n) is 6.54. The molecule has 120 valence electrons. The monoisotopic (exact) mass is 310 g/mol. The molecule has 1 aromatic carbocycles. The highest BCUT2D eigenvalue weighted by atomic mass is 35.5. The topological polar surface area (TPSA) is 15.3 Å². The minimum absolute atomic E-state index is 0.345. The summed E-state index contributed by atoms with van der Waals surface area (Å²) in [4.78, 5) is 2.42. The van der Waals surface area contributed by atoms with Crippen molar-refractivity contribution in [2.45, 2.75) is 53.1 Å². The lowest BCUT2D eigenvalue weighted by molar-refractivity contribution is 0.148. The molecule has 0 saturated carbocycles. The van der Waals surface area contributed by atoms with E-state index in [-0.39, 0.29) is 0 Å². The van der Waals surface area contributed by atoms with Gasteiger partial charge in [-0.15, -0.1) is 0 Å². The summed E-state index contributed by atoms with van der Waals surface area (Å²) < 4.78 is 0. The van der Waals surface area contributed by atoms with Gasteiger partial charge in [0.15, 0.2) is 0 Å². The first-order valence-corrected chi connectivity index (χ1v) is 8.45. The van der Waals surface area contributed by atoms with Gasteiger partial charge in [-0.2, -0.15) is 0 Å². The van der Waals surface area contributed by atoms with Crippen LogP contribution in [0, 0.1) is 5.41 Å². The number of hydrogen-bond acceptors (Lipinski definition) is 2. The summed E-state index contributed by atoms with van der Waals surface area (Å²) in [5.74, 6) is 0. The molecule has 0 aliphatic rings. The fraction of sp³-hybridized carbons (Fsp3) is 0.667. The SMILES string of the molecule is CCC(CC)(CNC(C)C)CN(C)Cc1cccc(Cl)c1. The molecular weight excluding hydrogens is 280 g/mol. The predicted molar refractivity (Wildman–Crippen MR) is 93.9 cm³/mol. The molecule has 0 heterocycles. The second kappa shape index (κ2) is 8.77. The van der Waals surface area contributed by atoms with E-state index in [9.17, 15) is 0 Å². The van der Waals surface area contributed by atoms with E-state index in [0.29, 0.717) is 11.5 Å². The van der Waals surface area contributed by atoms with E-state index in [4.69, 9.17) is 11.6 Å². The lowest BCUT2D eigenvalue weighted by Crippen LogP contribution is -2.44. The van der Waals surface area contributed by atoms with Crippen molar-refractivity contribution in [2.24, 2.45) is 5.41 Å². The maximum Gasteiger partial charge on any atom is 0.0409 e. The number of benzene rings is 1. The van der Waals surface area contributed by atoms with Crippen LogP contribution in [0.4, 0.5) is 0 Å². The lowest BCUT2D eigenvalue weighted by Gasteiger charge is -2.37. The van der Waals surface area contributed by atoms with Gasteiger partial charge in [-0.3, -0.25) is 0 Å². The Morgan fingerprint density at radius 3 is 2.43 bits per heavy atom. The molecule has 0 saturated heterocycles. The van der Waals surface area contributed by atoms with E-state index in [1.807, 2.05) is 12.1 Å². The fourth-order valence-corrected chi connectivity index (χ4v) is 2.99. The average Bonchev–Trinajstić information content (AvgIpc) is 2.43. The zero-order valence-electron chi connectivity index (χ0n) is 14.2. The maximum absolute atomic E-state index is 6.07. The Hall–Kier alpha value is -0.570. The summed E-state index contributed by atoms with van der Waals surface area (Å²) in [6.45, 7) is 12.2. The summed E-state index contributed by atoms with van der Waals surface area (Å²) in [6.07, 6.45) is 2.40. The van der Waals surface area contributed by atoms with E-state index in [1.54, 1.807) is 0 Å². The van der Waals surface area contributed by atoms with Crippen molar-refractivity contribution in [3.05, 3.63) is 34.9 Å². The Morgan fingerprint density at radius 1 is 1.24 bits per heavy atom. The Kier molecular flexibility index (Phi) is 7.72. The van der Waals surface area contributed by atoms with E-state index >= 15 is 0 Å². The van der Waals surface area contributed by atoms with Crippen LogP contribution in [0.15, 0.2) is 24.3 Å². The fourth-order valence-electron chi connectivity index (χ4n) is 2.78. The Balaban J connectivity index is 2.65. The molecule has 21 heavy (non-hydrogen) atoms. The molecule has 0 radical (unpaired) electrons. The Morgan fingerprint density at radius 2 is 1.90 bits per heavy atom. The summed E-state index contributed by atoms with van der Waals surface area (Å²) in [7, 11) is 2.20. The third kappa shape index (κ3) is 6.37. The molecule has 3 heteroatoms. The molecule has 0 atom stereocenters.